The van der Waals surface area contributed by atoms with Gasteiger partial charge in [0, 0.05) is 0 Å². The first kappa shape index (κ1) is 16.6. The number of alkyl halides is 3. The van der Waals surface area contributed by atoms with Crippen molar-refractivity contribution >= 4 is 11.6 Å². The van der Waals surface area contributed by atoms with Crippen LogP contribution in [-0.4, -0.2) is 24.2 Å². The maximum absolute atomic E-state index is 12.8. The highest BCUT2D eigenvalue weighted by atomic mass is 19.4. The molecule has 1 aromatic carbocycles. The normalized spacial score (nSPS) is 17.2. The molecule has 6 heteroatoms. The lowest BCUT2D eigenvalue weighted by atomic mass is 9.99. The molecule has 3 nitrogen and oxygen atoms in total. The van der Waals surface area contributed by atoms with Crippen molar-refractivity contribution in [2.75, 3.05) is 11.4 Å². The van der Waals surface area contributed by atoms with Crippen molar-refractivity contribution in [2.45, 2.75) is 45.9 Å². The minimum Gasteiger partial charge on any atom is -0.484 e. The van der Waals surface area contributed by atoms with Crippen molar-refractivity contribution in [2.24, 2.45) is 5.92 Å². The summed E-state index contributed by atoms with van der Waals surface area (Å²) in [5.74, 6) is -1.11. The van der Waals surface area contributed by atoms with E-state index in [1.807, 2.05) is 0 Å². The van der Waals surface area contributed by atoms with Crippen LogP contribution >= 0.6 is 0 Å². The second-order valence-electron chi connectivity index (χ2n) is 6.65. The minimum atomic E-state index is -4.90. The Morgan fingerprint density at radius 3 is 2.55 bits per heavy atom. The SMILES string of the molecule is CC(C)Cc1ccc2c(c1)OC(C)(C)CN2C(=O)C(F)(F)F. The van der Waals surface area contributed by atoms with E-state index >= 15 is 0 Å². The summed E-state index contributed by atoms with van der Waals surface area (Å²) in [6.45, 7) is 7.32. The molecule has 22 heavy (non-hydrogen) atoms. The summed E-state index contributed by atoms with van der Waals surface area (Å²) < 4.78 is 44.2. The van der Waals surface area contributed by atoms with Gasteiger partial charge in [0.15, 0.2) is 0 Å². The van der Waals surface area contributed by atoms with Gasteiger partial charge in [-0.1, -0.05) is 19.9 Å². The molecule has 1 heterocycles. The van der Waals surface area contributed by atoms with Gasteiger partial charge in [0.05, 0.1) is 12.2 Å². The molecule has 0 spiro atoms. The molecule has 0 aromatic heterocycles. The van der Waals surface area contributed by atoms with E-state index in [4.69, 9.17) is 4.74 Å². The van der Waals surface area contributed by atoms with E-state index in [0.717, 1.165) is 16.9 Å². The largest absolute Gasteiger partial charge is 0.484 e. The topological polar surface area (TPSA) is 29.5 Å². The number of hydrogen-bond acceptors (Lipinski definition) is 2. The third-order valence-corrected chi connectivity index (χ3v) is 3.37. The molecule has 0 bridgehead atoms. The van der Waals surface area contributed by atoms with E-state index in [0.29, 0.717) is 11.7 Å². The Balaban J connectivity index is 2.43. The number of fused-ring (bicyclic) bond motifs is 1. The number of anilines is 1. The standard InChI is InChI=1S/C16H20F3NO2/c1-10(2)7-11-5-6-12-13(8-11)22-15(3,4)9-20(12)14(21)16(17,18)19/h5-6,8,10H,7,9H2,1-4H3. The Kier molecular flexibility index (Phi) is 4.15. The van der Waals surface area contributed by atoms with Crippen LogP contribution in [0, 0.1) is 5.92 Å². The first-order chi connectivity index (χ1) is 9.99. The quantitative estimate of drug-likeness (QED) is 0.827. The Labute approximate surface area is 128 Å². The van der Waals surface area contributed by atoms with Crippen LogP contribution in [0.2, 0.25) is 0 Å². The van der Waals surface area contributed by atoms with Crippen molar-refractivity contribution in [3.63, 3.8) is 0 Å². The van der Waals surface area contributed by atoms with Gasteiger partial charge >= 0.3 is 12.1 Å². The maximum atomic E-state index is 12.8. The number of rotatable bonds is 2. The summed E-state index contributed by atoms with van der Waals surface area (Å²) in [7, 11) is 0. The zero-order valence-corrected chi connectivity index (χ0v) is 13.1. The summed E-state index contributed by atoms with van der Waals surface area (Å²) in [4.78, 5) is 12.4. The van der Waals surface area contributed by atoms with Crippen LogP contribution in [0.4, 0.5) is 18.9 Å². The predicted molar refractivity (Wildman–Crippen MR) is 78.1 cm³/mol. The Hall–Kier alpha value is -1.72. The number of halogens is 3. The summed E-state index contributed by atoms with van der Waals surface area (Å²) in [5.41, 5.74) is 0.282. The number of hydrogen-bond donors (Lipinski definition) is 0. The molecule has 122 valence electrons. The number of carbonyl (C=O) groups is 1. The Morgan fingerprint density at radius 1 is 1.36 bits per heavy atom. The average molecular weight is 315 g/mol. The molecular weight excluding hydrogens is 295 g/mol. The van der Waals surface area contributed by atoms with Gasteiger partial charge < -0.3 is 4.74 Å². The van der Waals surface area contributed by atoms with Gasteiger partial charge in [-0.25, -0.2) is 0 Å². The molecule has 0 N–H and O–H groups in total. The van der Waals surface area contributed by atoms with E-state index < -0.39 is 17.7 Å². The molecule has 1 aliphatic heterocycles. The molecule has 2 rings (SSSR count). The Morgan fingerprint density at radius 2 is 2.00 bits per heavy atom. The van der Waals surface area contributed by atoms with Crippen LogP contribution < -0.4 is 9.64 Å². The van der Waals surface area contributed by atoms with Crippen LogP contribution in [0.25, 0.3) is 0 Å². The third-order valence-electron chi connectivity index (χ3n) is 3.37. The monoisotopic (exact) mass is 315 g/mol. The number of benzene rings is 1. The predicted octanol–water partition coefficient (Wildman–Crippen LogP) is 3.95. The molecule has 0 saturated heterocycles. The second kappa shape index (κ2) is 5.48. The summed E-state index contributed by atoms with van der Waals surface area (Å²) >= 11 is 0. The van der Waals surface area contributed by atoms with E-state index in [2.05, 4.69) is 13.8 Å². The Bertz CT molecular complexity index is 579. The van der Waals surface area contributed by atoms with Crippen LogP contribution in [0.3, 0.4) is 0 Å². The smallest absolute Gasteiger partial charge is 0.471 e. The highest BCUT2D eigenvalue weighted by Crippen LogP contribution is 2.39. The first-order valence-corrected chi connectivity index (χ1v) is 7.20. The fourth-order valence-electron chi connectivity index (χ4n) is 2.59. The van der Waals surface area contributed by atoms with E-state index in [9.17, 15) is 18.0 Å². The first-order valence-electron chi connectivity index (χ1n) is 7.20. The van der Waals surface area contributed by atoms with Crippen molar-refractivity contribution in [1.29, 1.82) is 0 Å². The highest BCUT2D eigenvalue weighted by Gasteiger charge is 2.47. The molecule has 0 saturated carbocycles. The molecular formula is C16H20F3NO2. The summed E-state index contributed by atoms with van der Waals surface area (Å²) in [5, 5.41) is 0. The van der Waals surface area contributed by atoms with E-state index in [-0.39, 0.29) is 12.2 Å². The average Bonchev–Trinajstić information content (AvgIpc) is 2.33. The van der Waals surface area contributed by atoms with Gasteiger partial charge in [-0.3, -0.25) is 9.69 Å². The zero-order chi connectivity index (χ0) is 16.7. The van der Waals surface area contributed by atoms with Crippen LogP contribution in [0.15, 0.2) is 18.2 Å². The van der Waals surface area contributed by atoms with Gasteiger partial charge in [0.25, 0.3) is 0 Å². The highest BCUT2D eigenvalue weighted by molar-refractivity contribution is 5.99. The number of ether oxygens (including phenoxy) is 1. The summed E-state index contributed by atoms with van der Waals surface area (Å²) in [6, 6.07) is 5.01. The molecule has 0 fully saturated rings. The maximum Gasteiger partial charge on any atom is 0.471 e. The van der Waals surface area contributed by atoms with Crippen LogP contribution in [0.1, 0.15) is 33.3 Å². The molecule has 0 unspecified atom stereocenters. The number of nitrogens with zero attached hydrogens (tertiary/aromatic N) is 1. The minimum absolute atomic E-state index is 0.137. The van der Waals surface area contributed by atoms with Gasteiger partial charge in [-0.15, -0.1) is 0 Å². The second-order valence-corrected chi connectivity index (χ2v) is 6.65. The van der Waals surface area contributed by atoms with Crippen molar-refractivity contribution < 1.29 is 22.7 Å². The number of carbonyl (C=O) groups excluding carboxylic acids is 1. The van der Waals surface area contributed by atoms with Crippen molar-refractivity contribution in [3.8, 4) is 5.75 Å². The van der Waals surface area contributed by atoms with E-state index in [1.165, 1.54) is 6.07 Å². The van der Waals surface area contributed by atoms with Crippen molar-refractivity contribution in [1.82, 2.24) is 0 Å². The van der Waals surface area contributed by atoms with Crippen LogP contribution in [-0.2, 0) is 11.2 Å². The lowest BCUT2D eigenvalue weighted by molar-refractivity contribution is -0.171. The fraction of sp³-hybridized carbons (Fsp3) is 0.562. The molecule has 0 radical (unpaired) electrons. The van der Waals surface area contributed by atoms with Crippen molar-refractivity contribution in [3.05, 3.63) is 23.8 Å². The lowest BCUT2D eigenvalue weighted by Crippen LogP contribution is -2.53. The lowest BCUT2D eigenvalue weighted by Gasteiger charge is -2.40. The third kappa shape index (κ3) is 3.54. The van der Waals surface area contributed by atoms with Gasteiger partial charge in [-0.05, 0) is 43.9 Å². The number of amides is 1. The van der Waals surface area contributed by atoms with Gasteiger partial charge in [-0.2, -0.15) is 13.2 Å². The zero-order valence-electron chi connectivity index (χ0n) is 13.1. The van der Waals surface area contributed by atoms with Gasteiger partial charge in [0.1, 0.15) is 11.4 Å². The fourth-order valence-corrected chi connectivity index (χ4v) is 2.59. The molecule has 1 aromatic rings. The van der Waals surface area contributed by atoms with Crippen LogP contribution in [0.5, 0.6) is 5.75 Å². The molecule has 1 aliphatic rings. The summed E-state index contributed by atoms with van der Waals surface area (Å²) in [6.07, 6.45) is -4.11. The van der Waals surface area contributed by atoms with E-state index in [1.54, 1.807) is 26.0 Å². The molecule has 0 atom stereocenters. The van der Waals surface area contributed by atoms with Gasteiger partial charge in [0.2, 0.25) is 0 Å². The molecule has 1 amide bonds. The molecule has 0 aliphatic carbocycles.